The summed E-state index contributed by atoms with van der Waals surface area (Å²) in [5.74, 6) is 0. The Kier molecular flexibility index (Phi) is 3.62. The summed E-state index contributed by atoms with van der Waals surface area (Å²) in [5.41, 5.74) is 7.85. The van der Waals surface area contributed by atoms with Crippen LogP contribution in [0.25, 0.3) is 10.1 Å². The highest BCUT2D eigenvalue weighted by Crippen LogP contribution is 2.41. The van der Waals surface area contributed by atoms with Gasteiger partial charge in [-0.1, -0.05) is 32.9 Å². The molecule has 3 heteroatoms. The Morgan fingerprint density at radius 1 is 1.41 bits per heavy atom. The van der Waals surface area contributed by atoms with Gasteiger partial charge >= 0.3 is 0 Å². The van der Waals surface area contributed by atoms with Gasteiger partial charge in [0.15, 0.2) is 0 Å². The lowest BCUT2D eigenvalue weighted by Crippen LogP contribution is -2.28. The van der Waals surface area contributed by atoms with E-state index in [0.717, 1.165) is 10.9 Å². The molecule has 92 valence electrons. The van der Waals surface area contributed by atoms with Crippen molar-refractivity contribution in [3.05, 3.63) is 33.6 Å². The summed E-state index contributed by atoms with van der Waals surface area (Å²) in [5, 5.41) is 3.50. The molecule has 0 bridgehead atoms. The van der Waals surface area contributed by atoms with Crippen LogP contribution in [0, 0.1) is 5.41 Å². The molecule has 2 aromatic rings. The third-order valence-electron chi connectivity index (χ3n) is 3.67. The van der Waals surface area contributed by atoms with Gasteiger partial charge in [-0.3, -0.25) is 0 Å². The van der Waals surface area contributed by atoms with Crippen LogP contribution in [0.4, 0.5) is 0 Å². The molecule has 2 rings (SSSR count). The van der Waals surface area contributed by atoms with E-state index in [0.29, 0.717) is 0 Å². The van der Waals surface area contributed by atoms with Crippen LogP contribution in [0.15, 0.2) is 28.1 Å². The van der Waals surface area contributed by atoms with E-state index >= 15 is 0 Å². The predicted octanol–water partition coefficient (Wildman–Crippen LogP) is 5.10. The fourth-order valence-electron chi connectivity index (χ4n) is 1.92. The molecule has 17 heavy (non-hydrogen) atoms. The fourth-order valence-corrected chi connectivity index (χ4v) is 3.58. The summed E-state index contributed by atoms with van der Waals surface area (Å²) in [6.45, 7) is 6.67. The third kappa shape index (κ3) is 2.28. The number of thiophene rings is 1. The molecule has 0 radical (unpaired) electrons. The summed E-state index contributed by atoms with van der Waals surface area (Å²) in [4.78, 5) is 0. The van der Waals surface area contributed by atoms with E-state index in [2.05, 4.69) is 60.3 Å². The normalized spacial score (nSPS) is 14.2. The summed E-state index contributed by atoms with van der Waals surface area (Å²) in [7, 11) is 0. The van der Waals surface area contributed by atoms with Crippen LogP contribution in [0.5, 0.6) is 0 Å². The number of hydrogen-bond donors (Lipinski definition) is 1. The first-order valence-electron chi connectivity index (χ1n) is 5.88. The fraction of sp³-hybridized carbons (Fsp3) is 0.429. The van der Waals surface area contributed by atoms with Gasteiger partial charge in [0.1, 0.15) is 0 Å². The van der Waals surface area contributed by atoms with Gasteiger partial charge in [-0.05, 0) is 50.2 Å². The number of hydrogen-bond acceptors (Lipinski definition) is 2. The second-order valence-corrected chi connectivity index (χ2v) is 6.86. The Balaban J connectivity index is 2.54. The molecule has 0 aliphatic heterocycles. The quantitative estimate of drug-likeness (QED) is 0.838. The van der Waals surface area contributed by atoms with Crippen LogP contribution in [-0.2, 0) is 0 Å². The molecule has 0 fully saturated rings. The summed E-state index contributed by atoms with van der Waals surface area (Å²) < 4.78 is 2.46. The SMILES string of the molecule is CCC(C)(C)C(N)c1csc2c(Br)cccc12. The zero-order chi connectivity index (χ0) is 12.6. The molecule has 0 aliphatic rings. The first-order chi connectivity index (χ1) is 7.97. The second kappa shape index (κ2) is 4.71. The number of rotatable bonds is 3. The van der Waals surface area contributed by atoms with Crippen LogP contribution < -0.4 is 5.73 Å². The van der Waals surface area contributed by atoms with E-state index in [1.165, 1.54) is 15.6 Å². The Hall–Kier alpha value is -0.380. The van der Waals surface area contributed by atoms with Crippen LogP contribution >= 0.6 is 27.3 Å². The van der Waals surface area contributed by atoms with Crippen LogP contribution in [0.3, 0.4) is 0 Å². The van der Waals surface area contributed by atoms with E-state index in [1.54, 1.807) is 11.3 Å². The van der Waals surface area contributed by atoms with Crippen molar-refractivity contribution in [2.45, 2.75) is 33.2 Å². The highest BCUT2D eigenvalue weighted by atomic mass is 79.9. The molecular formula is C14H18BrNS. The smallest absolute Gasteiger partial charge is 0.0488 e. The van der Waals surface area contributed by atoms with Gasteiger partial charge < -0.3 is 5.73 Å². The zero-order valence-corrected chi connectivity index (χ0v) is 12.9. The van der Waals surface area contributed by atoms with E-state index in [1.807, 2.05) is 0 Å². The minimum Gasteiger partial charge on any atom is -0.323 e. The molecule has 0 amide bonds. The van der Waals surface area contributed by atoms with Gasteiger partial charge in [-0.2, -0.15) is 0 Å². The molecule has 0 spiro atoms. The average molecular weight is 312 g/mol. The zero-order valence-electron chi connectivity index (χ0n) is 10.5. The van der Waals surface area contributed by atoms with Crippen molar-refractivity contribution < 1.29 is 0 Å². The van der Waals surface area contributed by atoms with Crippen molar-refractivity contribution in [1.29, 1.82) is 0 Å². The van der Waals surface area contributed by atoms with E-state index in [4.69, 9.17) is 5.73 Å². The van der Waals surface area contributed by atoms with E-state index in [9.17, 15) is 0 Å². The molecule has 0 aliphatic carbocycles. The first-order valence-corrected chi connectivity index (χ1v) is 7.56. The molecule has 1 atom stereocenters. The Bertz CT molecular complexity index is 530. The van der Waals surface area contributed by atoms with Crippen molar-refractivity contribution in [3.63, 3.8) is 0 Å². The van der Waals surface area contributed by atoms with Gasteiger partial charge in [0.2, 0.25) is 0 Å². The second-order valence-electron chi connectivity index (χ2n) is 5.13. The summed E-state index contributed by atoms with van der Waals surface area (Å²) in [6, 6.07) is 6.42. The third-order valence-corrected chi connectivity index (χ3v) is 5.64. The first kappa shape index (κ1) is 13.1. The van der Waals surface area contributed by atoms with Crippen LogP contribution in [0.1, 0.15) is 38.8 Å². The summed E-state index contributed by atoms with van der Waals surface area (Å²) in [6.07, 6.45) is 1.08. The largest absolute Gasteiger partial charge is 0.323 e. The lowest BCUT2D eigenvalue weighted by atomic mass is 9.79. The maximum atomic E-state index is 6.44. The maximum Gasteiger partial charge on any atom is 0.0488 e. The van der Waals surface area contributed by atoms with Crippen LogP contribution in [0.2, 0.25) is 0 Å². The van der Waals surface area contributed by atoms with Crippen molar-refractivity contribution in [1.82, 2.24) is 0 Å². The minimum atomic E-state index is 0.0931. The van der Waals surface area contributed by atoms with Gasteiger partial charge in [-0.15, -0.1) is 11.3 Å². The van der Waals surface area contributed by atoms with Crippen molar-refractivity contribution in [2.24, 2.45) is 11.1 Å². The lowest BCUT2D eigenvalue weighted by molar-refractivity contribution is 0.280. The predicted molar refractivity (Wildman–Crippen MR) is 80.5 cm³/mol. The van der Waals surface area contributed by atoms with E-state index < -0.39 is 0 Å². The molecule has 0 saturated carbocycles. The number of halogens is 1. The van der Waals surface area contributed by atoms with Gasteiger partial charge in [0, 0.05) is 15.2 Å². The summed E-state index contributed by atoms with van der Waals surface area (Å²) >= 11 is 5.37. The van der Waals surface area contributed by atoms with Crippen molar-refractivity contribution in [3.8, 4) is 0 Å². The topological polar surface area (TPSA) is 26.0 Å². The minimum absolute atomic E-state index is 0.0931. The highest BCUT2D eigenvalue weighted by Gasteiger charge is 2.27. The Morgan fingerprint density at radius 2 is 2.12 bits per heavy atom. The molecule has 1 unspecified atom stereocenters. The monoisotopic (exact) mass is 311 g/mol. The van der Waals surface area contributed by atoms with Gasteiger partial charge in [-0.25, -0.2) is 0 Å². The standard InChI is InChI=1S/C14H18BrNS/c1-4-14(2,3)13(16)10-8-17-12-9(10)6-5-7-11(12)15/h5-8,13H,4,16H2,1-3H3. The van der Waals surface area contributed by atoms with E-state index in [-0.39, 0.29) is 11.5 Å². The molecule has 0 saturated heterocycles. The number of nitrogens with two attached hydrogens (primary N) is 1. The highest BCUT2D eigenvalue weighted by molar-refractivity contribution is 9.10. The Morgan fingerprint density at radius 3 is 2.76 bits per heavy atom. The molecule has 1 aromatic heterocycles. The van der Waals surface area contributed by atoms with Gasteiger partial charge in [0.05, 0.1) is 0 Å². The van der Waals surface area contributed by atoms with Crippen molar-refractivity contribution >= 4 is 37.4 Å². The molecule has 1 nitrogen and oxygen atoms in total. The molecule has 1 heterocycles. The Labute approximate surface area is 115 Å². The lowest BCUT2D eigenvalue weighted by Gasteiger charge is -2.30. The number of benzene rings is 1. The molecular weight excluding hydrogens is 294 g/mol. The number of fused-ring (bicyclic) bond motifs is 1. The molecule has 2 N–H and O–H groups in total. The molecule has 1 aromatic carbocycles. The van der Waals surface area contributed by atoms with Crippen molar-refractivity contribution in [2.75, 3.05) is 0 Å². The average Bonchev–Trinajstić information content (AvgIpc) is 2.73. The maximum absolute atomic E-state index is 6.44. The van der Waals surface area contributed by atoms with Gasteiger partial charge in [0.25, 0.3) is 0 Å². The van der Waals surface area contributed by atoms with Crippen LogP contribution in [-0.4, -0.2) is 0 Å².